The average Bonchev–Trinajstić information content (AvgIpc) is 2.90. The number of hydrogen-bond acceptors (Lipinski definition) is 4. The summed E-state index contributed by atoms with van der Waals surface area (Å²) in [6, 6.07) is 20.6. The zero-order valence-corrected chi connectivity index (χ0v) is 22.1. The van der Waals surface area contributed by atoms with Crippen molar-refractivity contribution >= 4 is 11.7 Å². The zero-order valence-electron chi connectivity index (χ0n) is 19.9. The molecule has 1 aliphatic heterocycles. The molecule has 3 aromatic rings. The van der Waals surface area contributed by atoms with Crippen LogP contribution in [-0.2, 0) is 0 Å². The first-order valence-corrected chi connectivity index (χ1v) is 14.0. The summed E-state index contributed by atoms with van der Waals surface area (Å²) in [7, 11) is 0. The van der Waals surface area contributed by atoms with Crippen LogP contribution in [0.25, 0.3) is 11.1 Å². The molecule has 0 aromatic heterocycles. The van der Waals surface area contributed by atoms with Gasteiger partial charge >= 0.3 is 222 Å². The number of ether oxygens (including phenoxy) is 2. The van der Waals surface area contributed by atoms with Crippen molar-refractivity contribution in [2.75, 3.05) is 6.61 Å². The van der Waals surface area contributed by atoms with Crippen molar-refractivity contribution in [2.24, 2.45) is 5.73 Å². The zero-order chi connectivity index (χ0) is 25.5. The molecule has 0 aliphatic carbocycles. The fraction of sp³-hybridized carbons (Fsp3) is 0.133. The van der Waals surface area contributed by atoms with Gasteiger partial charge in [-0.15, -0.1) is 0 Å². The van der Waals surface area contributed by atoms with Crippen LogP contribution in [0.15, 0.2) is 99.2 Å². The minimum absolute atomic E-state index is 0.0593. The summed E-state index contributed by atoms with van der Waals surface area (Å²) >= 11 is -0.269. The summed E-state index contributed by atoms with van der Waals surface area (Å²) in [6.45, 7) is 6.15. The van der Waals surface area contributed by atoms with Gasteiger partial charge in [-0.3, -0.25) is 0 Å². The van der Waals surface area contributed by atoms with Crippen LogP contribution in [0.1, 0.15) is 45.7 Å². The first-order chi connectivity index (χ1) is 17.5. The van der Waals surface area contributed by atoms with Crippen molar-refractivity contribution in [2.45, 2.75) is 19.4 Å². The third-order valence-electron chi connectivity index (χ3n) is 5.85. The summed E-state index contributed by atoms with van der Waals surface area (Å²) in [4.78, 5) is 24.3. The number of rotatable bonds is 9. The fourth-order valence-corrected chi connectivity index (χ4v) is 4.92. The third kappa shape index (κ3) is 5.76. The van der Waals surface area contributed by atoms with Crippen LogP contribution in [0.5, 0.6) is 11.5 Å². The summed E-state index contributed by atoms with van der Waals surface area (Å²) in [5.74, 6) is 0.705. The molecule has 1 unspecified atom stereocenters. The molecule has 0 spiro atoms. The van der Waals surface area contributed by atoms with E-state index in [2.05, 4.69) is 16.7 Å². The molecule has 3 aromatic carbocycles. The van der Waals surface area contributed by atoms with E-state index in [0.717, 1.165) is 22.3 Å². The Morgan fingerprint density at radius 3 is 2.53 bits per heavy atom. The normalized spacial score (nSPS) is 14.2. The topological polar surface area (TPSA) is 78.6 Å². The summed E-state index contributed by atoms with van der Waals surface area (Å²) < 4.78 is 16.6. The molecule has 184 valence electrons. The molecule has 1 atom stereocenters. The van der Waals surface area contributed by atoms with Gasteiger partial charge in [0.25, 0.3) is 0 Å². The van der Waals surface area contributed by atoms with E-state index in [-0.39, 0.29) is 27.0 Å². The van der Waals surface area contributed by atoms with E-state index in [4.69, 9.17) is 15.2 Å². The first-order valence-electron chi connectivity index (χ1n) is 11.5. The average molecular weight is 592 g/mol. The van der Waals surface area contributed by atoms with Gasteiger partial charge in [-0.2, -0.15) is 0 Å². The third-order valence-corrected chi connectivity index (χ3v) is 7.13. The Morgan fingerprint density at radius 1 is 1.11 bits per heavy atom. The number of benzene rings is 3. The number of hydrogen-bond donors (Lipinski definition) is 1. The minimum atomic E-state index is -0.483. The van der Waals surface area contributed by atoms with Gasteiger partial charge in [0.15, 0.2) is 0 Å². The Labute approximate surface area is 221 Å². The number of primary amides is 1. The van der Waals surface area contributed by atoms with Gasteiger partial charge in [0.2, 0.25) is 0 Å². The predicted octanol–water partition coefficient (Wildman–Crippen LogP) is 3.23. The SMILES string of the molecule is C=C[I-]/C=C\C(=C/C)C(Oc1cc2c(cc1-c1ccccc1)C(=O)CCO2)c1ccc(C(N)=O)cc1. The quantitative estimate of drug-likeness (QED) is 0.306. The summed E-state index contributed by atoms with van der Waals surface area (Å²) in [5.41, 5.74) is 10.0. The Hall–Kier alpha value is -3.65. The van der Waals surface area contributed by atoms with Crippen molar-refractivity contribution in [3.63, 3.8) is 0 Å². The van der Waals surface area contributed by atoms with Crippen LogP contribution in [0.3, 0.4) is 0 Å². The van der Waals surface area contributed by atoms with E-state index in [1.807, 2.05) is 71.7 Å². The molecular formula is C30H27INO4-. The van der Waals surface area contributed by atoms with Crippen LogP contribution in [-0.4, -0.2) is 18.3 Å². The van der Waals surface area contributed by atoms with E-state index in [1.165, 1.54) is 0 Å². The molecule has 2 N–H and O–H groups in total. The van der Waals surface area contributed by atoms with E-state index >= 15 is 0 Å². The maximum absolute atomic E-state index is 12.6. The Bertz CT molecular complexity index is 1330. The molecule has 6 heteroatoms. The van der Waals surface area contributed by atoms with E-state index in [1.54, 1.807) is 12.1 Å². The van der Waals surface area contributed by atoms with Gasteiger partial charge in [-0.05, 0) is 0 Å². The van der Waals surface area contributed by atoms with Crippen molar-refractivity contribution < 1.29 is 40.3 Å². The van der Waals surface area contributed by atoms with E-state index < -0.39 is 12.0 Å². The fourth-order valence-electron chi connectivity index (χ4n) is 4.00. The number of carbonyl (C=O) groups excluding carboxylic acids is 2. The van der Waals surface area contributed by atoms with Crippen molar-refractivity contribution in [1.29, 1.82) is 0 Å². The van der Waals surface area contributed by atoms with Gasteiger partial charge < -0.3 is 0 Å². The second-order valence-electron chi connectivity index (χ2n) is 8.08. The number of Topliss-reactive ketones (excluding diaryl/α,β-unsaturated/α-hetero) is 1. The van der Waals surface area contributed by atoms with E-state index in [9.17, 15) is 9.59 Å². The standard InChI is InChI=1S/C30H27INO4/c1-3-20(14-16-31-4-2)29(22-10-12-23(13-11-22)30(32)34)36-28-19-27-25(26(33)15-17-35-27)18-24(28)21-8-6-5-7-9-21/h3-14,16,18-19,29H,2,15,17H2,1H3,(H2,32,34)/q-1/b16-14-,20-3+. The molecule has 0 saturated carbocycles. The van der Waals surface area contributed by atoms with Crippen molar-refractivity contribution in [3.8, 4) is 22.6 Å². The van der Waals surface area contributed by atoms with Gasteiger partial charge in [-0.25, -0.2) is 0 Å². The number of carbonyl (C=O) groups is 2. The van der Waals surface area contributed by atoms with E-state index in [0.29, 0.717) is 35.7 Å². The number of fused-ring (bicyclic) bond motifs is 1. The number of allylic oxidation sites excluding steroid dienone is 1. The van der Waals surface area contributed by atoms with Gasteiger partial charge in [0, 0.05) is 0 Å². The van der Waals surface area contributed by atoms with Gasteiger partial charge in [0.1, 0.15) is 0 Å². The molecule has 0 bridgehead atoms. The number of ketones is 1. The molecule has 0 fully saturated rings. The van der Waals surface area contributed by atoms with Gasteiger partial charge in [-0.1, -0.05) is 0 Å². The molecule has 36 heavy (non-hydrogen) atoms. The number of halogens is 1. The second kappa shape index (κ2) is 11.9. The monoisotopic (exact) mass is 592 g/mol. The Kier molecular flexibility index (Phi) is 8.38. The van der Waals surface area contributed by atoms with Gasteiger partial charge in [0.05, 0.1) is 0 Å². The van der Waals surface area contributed by atoms with Crippen molar-refractivity contribution in [1.82, 2.24) is 0 Å². The van der Waals surface area contributed by atoms with Crippen LogP contribution in [0.2, 0.25) is 0 Å². The van der Waals surface area contributed by atoms with Crippen LogP contribution < -0.4 is 36.4 Å². The summed E-state index contributed by atoms with van der Waals surface area (Å²) in [6.07, 6.45) is 3.96. The molecule has 1 amide bonds. The second-order valence-corrected chi connectivity index (χ2v) is 10.4. The predicted molar refractivity (Wildman–Crippen MR) is 138 cm³/mol. The number of nitrogens with two attached hydrogens (primary N) is 1. The van der Waals surface area contributed by atoms with Crippen molar-refractivity contribution in [3.05, 3.63) is 116 Å². The molecule has 1 heterocycles. The molecule has 1 aliphatic rings. The molecule has 5 nitrogen and oxygen atoms in total. The molecule has 0 saturated heterocycles. The first kappa shape index (κ1) is 25.4. The molecule has 4 rings (SSSR count). The molecular weight excluding hydrogens is 565 g/mol. The molecule has 0 radical (unpaired) electrons. The Morgan fingerprint density at radius 2 is 1.86 bits per heavy atom. The number of amides is 1. The Balaban J connectivity index is 1.84. The van der Waals surface area contributed by atoms with Crippen LogP contribution >= 0.6 is 0 Å². The maximum atomic E-state index is 12.6. The summed E-state index contributed by atoms with van der Waals surface area (Å²) in [5, 5.41) is 0. The van der Waals surface area contributed by atoms with Crippen LogP contribution in [0.4, 0.5) is 0 Å². The van der Waals surface area contributed by atoms with Crippen LogP contribution in [0, 0.1) is 0 Å².